The van der Waals surface area contributed by atoms with E-state index in [0.717, 1.165) is 10.9 Å². The number of nitrogens with zero attached hydrogens (tertiary/aromatic N) is 2. The number of aromatic hydroxyl groups is 1. The van der Waals surface area contributed by atoms with Crippen molar-refractivity contribution in [3.63, 3.8) is 0 Å². The fourth-order valence-corrected chi connectivity index (χ4v) is 4.24. The van der Waals surface area contributed by atoms with Crippen LogP contribution in [-0.4, -0.2) is 25.5 Å². The van der Waals surface area contributed by atoms with Crippen LogP contribution in [0.2, 0.25) is 0 Å². The molecule has 5 rings (SSSR count). The van der Waals surface area contributed by atoms with Crippen LogP contribution in [0, 0.1) is 0 Å². The van der Waals surface area contributed by atoms with E-state index in [1.54, 1.807) is 29.7 Å². The maximum Gasteiger partial charge on any atom is 0.251 e. The Hall–Kier alpha value is -2.99. The first-order valence-corrected chi connectivity index (χ1v) is 8.58. The average molecular weight is 348 g/mol. The number of carbonyl (C=O) groups is 1. The van der Waals surface area contributed by atoms with Crippen LogP contribution < -0.4 is 5.56 Å². The van der Waals surface area contributed by atoms with Crippen LogP contribution in [-0.2, 0) is 23.4 Å². The van der Waals surface area contributed by atoms with E-state index in [9.17, 15) is 19.8 Å². The topological polar surface area (TPSA) is 92.4 Å². The summed E-state index contributed by atoms with van der Waals surface area (Å²) in [6, 6.07) is 8.27. The lowest BCUT2D eigenvalue weighted by molar-refractivity contribution is -0.135. The molecule has 2 N–H and O–H groups in total. The molecule has 1 unspecified atom stereocenters. The highest BCUT2D eigenvalue weighted by atomic mass is 16.3. The lowest BCUT2D eigenvalue weighted by Crippen LogP contribution is -2.32. The number of carbonyl (C=O) groups excluding carboxylic acids is 1. The summed E-state index contributed by atoms with van der Waals surface area (Å²) >= 11 is 0. The van der Waals surface area contributed by atoms with E-state index in [-0.39, 0.29) is 29.9 Å². The SMILES string of the molecule is CCC1(O)C(=O)Cc2cc(=O)n3c(c21)-c1nc2ccc(O)cc2cc1C3. The molecule has 3 aromatic rings. The molecule has 1 aliphatic heterocycles. The number of fused-ring (bicyclic) bond motifs is 6. The van der Waals surface area contributed by atoms with Gasteiger partial charge in [-0.1, -0.05) is 6.92 Å². The number of Topliss-reactive ketones (excluding diaryl/α,β-unsaturated/α-hetero) is 1. The monoisotopic (exact) mass is 348 g/mol. The zero-order chi connectivity index (χ0) is 18.2. The zero-order valence-corrected chi connectivity index (χ0v) is 14.1. The van der Waals surface area contributed by atoms with Crippen molar-refractivity contribution >= 4 is 16.7 Å². The van der Waals surface area contributed by atoms with Gasteiger partial charge in [0.1, 0.15) is 11.4 Å². The molecule has 0 bridgehead atoms. The fraction of sp³-hybridized carbons (Fsp3) is 0.250. The van der Waals surface area contributed by atoms with Gasteiger partial charge in [-0.05, 0) is 36.2 Å². The van der Waals surface area contributed by atoms with Gasteiger partial charge in [0.15, 0.2) is 5.78 Å². The number of pyridine rings is 2. The van der Waals surface area contributed by atoms with Crippen LogP contribution in [0.1, 0.15) is 30.0 Å². The Labute approximate surface area is 148 Å². The van der Waals surface area contributed by atoms with Crippen molar-refractivity contribution in [2.45, 2.75) is 31.9 Å². The van der Waals surface area contributed by atoms with Crippen molar-refractivity contribution in [3.05, 3.63) is 57.4 Å². The van der Waals surface area contributed by atoms with E-state index in [2.05, 4.69) is 4.98 Å². The number of hydrogen-bond acceptors (Lipinski definition) is 5. The number of aliphatic hydroxyl groups is 1. The third kappa shape index (κ3) is 1.77. The molecule has 6 nitrogen and oxygen atoms in total. The number of aromatic nitrogens is 2. The maximum absolute atomic E-state index is 12.6. The number of benzene rings is 1. The smallest absolute Gasteiger partial charge is 0.251 e. The van der Waals surface area contributed by atoms with Gasteiger partial charge in [0.2, 0.25) is 0 Å². The summed E-state index contributed by atoms with van der Waals surface area (Å²) in [5.41, 5.74) is 2.04. The molecule has 0 radical (unpaired) electrons. The van der Waals surface area contributed by atoms with Gasteiger partial charge in [-0.25, -0.2) is 4.98 Å². The lowest BCUT2D eigenvalue weighted by Gasteiger charge is -2.23. The Bertz CT molecular complexity index is 1190. The minimum absolute atomic E-state index is 0.0690. The van der Waals surface area contributed by atoms with E-state index in [1.165, 1.54) is 6.07 Å². The molecule has 2 aromatic heterocycles. The Morgan fingerprint density at radius 2 is 2.00 bits per heavy atom. The molecule has 0 amide bonds. The molecular formula is C20H16N2O4. The summed E-state index contributed by atoms with van der Waals surface area (Å²) in [5, 5.41) is 21.5. The molecule has 1 aliphatic carbocycles. The largest absolute Gasteiger partial charge is 0.508 e. The number of phenols is 1. The van der Waals surface area contributed by atoms with Crippen molar-refractivity contribution in [2.75, 3.05) is 0 Å². The Kier molecular flexibility index (Phi) is 2.82. The van der Waals surface area contributed by atoms with Gasteiger partial charge >= 0.3 is 0 Å². The van der Waals surface area contributed by atoms with Gasteiger partial charge in [0.25, 0.3) is 5.56 Å². The van der Waals surface area contributed by atoms with Gasteiger partial charge in [-0.3, -0.25) is 9.59 Å². The highest BCUT2D eigenvalue weighted by molar-refractivity contribution is 5.98. The maximum atomic E-state index is 12.6. The van der Waals surface area contributed by atoms with Gasteiger partial charge in [0.05, 0.1) is 23.4 Å². The number of rotatable bonds is 1. The summed E-state index contributed by atoms with van der Waals surface area (Å²) in [4.78, 5) is 29.7. The number of hydrogen-bond donors (Lipinski definition) is 2. The Morgan fingerprint density at radius 3 is 2.77 bits per heavy atom. The minimum Gasteiger partial charge on any atom is -0.508 e. The van der Waals surface area contributed by atoms with Crippen molar-refractivity contribution in [2.24, 2.45) is 0 Å². The van der Waals surface area contributed by atoms with Crippen LogP contribution in [0.15, 0.2) is 35.1 Å². The number of phenolic OH excluding ortho intramolecular Hbond substituents is 1. The average Bonchev–Trinajstić information content (AvgIpc) is 3.09. The number of ketones is 1. The molecule has 0 saturated heterocycles. The molecule has 130 valence electrons. The lowest BCUT2D eigenvalue weighted by atomic mass is 9.90. The molecule has 3 heterocycles. The van der Waals surface area contributed by atoms with Crippen molar-refractivity contribution in [1.82, 2.24) is 9.55 Å². The van der Waals surface area contributed by atoms with Crippen LogP contribution in [0.3, 0.4) is 0 Å². The fourth-order valence-electron chi connectivity index (χ4n) is 4.24. The molecule has 0 fully saturated rings. The predicted molar refractivity (Wildman–Crippen MR) is 95.1 cm³/mol. The minimum atomic E-state index is -1.58. The van der Waals surface area contributed by atoms with Gasteiger partial charge in [0, 0.05) is 29.0 Å². The second-order valence-corrected chi connectivity index (χ2v) is 7.00. The molecule has 0 spiro atoms. The van der Waals surface area contributed by atoms with E-state index >= 15 is 0 Å². The first kappa shape index (κ1) is 15.3. The van der Waals surface area contributed by atoms with Gasteiger partial charge in [-0.15, -0.1) is 0 Å². The standard InChI is InChI=1S/C20H16N2O4/c1-2-20(26)15(24)7-11-8-16(25)22-9-12-5-10-6-13(23)3-4-14(10)21-18(12)19(22)17(11)20/h3-6,8,23,26H,2,7,9H2,1H3. The van der Waals surface area contributed by atoms with Crippen LogP contribution in [0.25, 0.3) is 22.3 Å². The van der Waals surface area contributed by atoms with Crippen molar-refractivity contribution in [3.8, 4) is 17.1 Å². The molecule has 1 aromatic carbocycles. The molecule has 1 atom stereocenters. The van der Waals surface area contributed by atoms with Crippen LogP contribution in [0.5, 0.6) is 5.75 Å². The van der Waals surface area contributed by atoms with Crippen LogP contribution in [0.4, 0.5) is 0 Å². The van der Waals surface area contributed by atoms with Crippen molar-refractivity contribution < 1.29 is 15.0 Å². The zero-order valence-electron chi connectivity index (χ0n) is 14.1. The third-order valence-electron chi connectivity index (χ3n) is 5.56. The second kappa shape index (κ2) is 4.80. The van der Waals surface area contributed by atoms with Gasteiger partial charge < -0.3 is 14.8 Å². The highest BCUT2D eigenvalue weighted by Gasteiger charge is 2.47. The van der Waals surface area contributed by atoms with Gasteiger partial charge in [-0.2, -0.15) is 0 Å². The molecule has 0 saturated carbocycles. The first-order valence-electron chi connectivity index (χ1n) is 8.58. The van der Waals surface area contributed by atoms with Crippen molar-refractivity contribution in [1.29, 1.82) is 0 Å². The Balaban J connectivity index is 1.88. The molecular weight excluding hydrogens is 332 g/mol. The first-order chi connectivity index (χ1) is 12.4. The van der Waals surface area contributed by atoms with E-state index in [4.69, 9.17) is 0 Å². The van der Waals surface area contributed by atoms with E-state index < -0.39 is 5.60 Å². The summed E-state index contributed by atoms with van der Waals surface area (Å²) in [6.07, 6.45) is 0.320. The summed E-state index contributed by atoms with van der Waals surface area (Å²) in [6.45, 7) is 2.10. The Morgan fingerprint density at radius 1 is 1.19 bits per heavy atom. The third-order valence-corrected chi connectivity index (χ3v) is 5.56. The second-order valence-electron chi connectivity index (χ2n) is 7.00. The molecule has 2 aliphatic rings. The highest BCUT2D eigenvalue weighted by Crippen LogP contribution is 2.45. The summed E-state index contributed by atoms with van der Waals surface area (Å²) in [5.74, 6) is -0.124. The predicted octanol–water partition coefficient (Wildman–Crippen LogP) is 1.85. The normalized spacial score (nSPS) is 20.3. The van der Waals surface area contributed by atoms with Crippen LogP contribution >= 0.6 is 0 Å². The summed E-state index contributed by atoms with van der Waals surface area (Å²) in [7, 11) is 0. The van der Waals surface area contributed by atoms with E-state index in [1.807, 2.05) is 6.07 Å². The van der Waals surface area contributed by atoms with E-state index in [0.29, 0.717) is 34.6 Å². The summed E-state index contributed by atoms with van der Waals surface area (Å²) < 4.78 is 1.58. The quantitative estimate of drug-likeness (QED) is 0.548. The molecule has 6 heteroatoms. The molecule has 26 heavy (non-hydrogen) atoms.